The van der Waals surface area contributed by atoms with Crippen LogP contribution in [0.25, 0.3) is 0 Å². The van der Waals surface area contributed by atoms with Crippen LogP contribution in [0.2, 0.25) is 0 Å². The van der Waals surface area contributed by atoms with Gasteiger partial charge in [-0.25, -0.2) is 0 Å². The first kappa shape index (κ1) is 10.3. The maximum Gasteiger partial charge on any atom is 0.161 e. The molecule has 1 aromatic heterocycles. The van der Waals surface area contributed by atoms with Gasteiger partial charge >= 0.3 is 0 Å². The summed E-state index contributed by atoms with van der Waals surface area (Å²) in [6.07, 6.45) is 5.17. The molecular formula is C14H15NO2. The summed E-state index contributed by atoms with van der Waals surface area (Å²) in [6.45, 7) is 2.29. The molecule has 88 valence electrons. The van der Waals surface area contributed by atoms with Crippen molar-refractivity contribution < 1.29 is 9.47 Å². The molecule has 3 rings (SSSR count). The Hall–Kier alpha value is -1.90. The molecule has 0 N–H and O–H groups in total. The Bertz CT molecular complexity index is 491. The smallest absolute Gasteiger partial charge is 0.161 e. The number of hydrogen-bond acceptors (Lipinski definition) is 2. The normalized spacial score (nSPS) is 13.6. The molecule has 0 amide bonds. The van der Waals surface area contributed by atoms with Crippen LogP contribution in [-0.2, 0) is 13.0 Å². The molecule has 17 heavy (non-hydrogen) atoms. The third-order valence-corrected chi connectivity index (χ3v) is 2.93. The van der Waals surface area contributed by atoms with E-state index >= 15 is 0 Å². The van der Waals surface area contributed by atoms with Crippen LogP contribution in [0.5, 0.6) is 11.5 Å². The minimum Gasteiger partial charge on any atom is -0.486 e. The first-order valence-corrected chi connectivity index (χ1v) is 5.91. The van der Waals surface area contributed by atoms with Crippen LogP contribution in [-0.4, -0.2) is 17.8 Å². The fourth-order valence-corrected chi connectivity index (χ4v) is 2.02. The van der Waals surface area contributed by atoms with Gasteiger partial charge in [0.25, 0.3) is 0 Å². The molecule has 3 heteroatoms. The zero-order valence-corrected chi connectivity index (χ0v) is 9.63. The van der Waals surface area contributed by atoms with Gasteiger partial charge in [0.15, 0.2) is 11.5 Å². The first-order valence-electron chi connectivity index (χ1n) is 5.91. The van der Waals surface area contributed by atoms with Crippen molar-refractivity contribution in [3.05, 3.63) is 48.3 Å². The lowest BCUT2D eigenvalue weighted by atomic mass is 10.1. The highest BCUT2D eigenvalue weighted by molar-refractivity contribution is 5.43. The van der Waals surface area contributed by atoms with Crippen LogP contribution in [0.4, 0.5) is 0 Å². The van der Waals surface area contributed by atoms with Gasteiger partial charge in [0, 0.05) is 18.9 Å². The predicted molar refractivity (Wildman–Crippen MR) is 65.6 cm³/mol. The molecule has 1 aromatic carbocycles. The van der Waals surface area contributed by atoms with Crippen LogP contribution in [0.15, 0.2) is 42.7 Å². The molecule has 0 spiro atoms. The number of nitrogens with zero attached hydrogens (tertiary/aromatic N) is 1. The summed E-state index contributed by atoms with van der Waals surface area (Å²) in [5.41, 5.74) is 1.28. The Kier molecular flexibility index (Phi) is 2.74. The van der Waals surface area contributed by atoms with Crippen molar-refractivity contribution in [2.45, 2.75) is 13.0 Å². The zero-order chi connectivity index (χ0) is 11.5. The highest BCUT2D eigenvalue weighted by Gasteiger charge is 2.11. The summed E-state index contributed by atoms with van der Waals surface area (Å²) in [4.78, 5) is 0. The van der Waals surface area contributed by atoms with Crippen LogP contribution >= 0.6 is 0 Å². The second-order valence-electron chi connectivity index (χ2n) is 4.15. The van der Waals surface area contributed by atoms with Crippen molar-refractivity contribution in [1.82, 2.24) is 4.57 Å². The van der Waals surface area contributed by atoms with Crippen molar-refractivity contribution in [3.63, 3.8) is 0 Å². The number of aryl methyl sites for hydroxylation is 2. The van der Waals surface area contributed by atoms with Crippen molar-refractivity contribution >= 4 is 0 Å². The van der Waals surface area contributed by atoms with Crippen molar-refractivity contribution in [2.75, 3.05) is 13.2 Å². The van der Waals surface area contributed by atoms with Crippen LogP contribution in [0.1, 0.15) is 5.56 Å². The summed E-state index contributed by atoms with van der Waals surface area (Å²) in [5.74, 6) is 1.74. The molecule has 0 saturated heterocycles. The second kappa shape index (κ2) is 4.53. The maximum absolute atomic E-state index is 5.57. The molecule has 0 fully saturated rings. The number of rotatable bonds is 3. The Morgan fingerprint density at radius 1 is 1.00 bits per heavy atom. The minimum atomic E-state index is 0.647. The summed E-state index contributed by atoms with van der Waals surface area (Å²) in [5, 5.41) is 0. The number of hydrogen-bond donors (Lipinski definition) is 0. The van der Waals surface area contributed by atoms with Crippen molar-refractivity contribution in [2.24, 2.45) is 0 Å². The predicted octanol–water partition coefficient (Wildman–Crippen LogP) is 2.50. The molecule has 3 nitrogen and oxygen atoms in total. The van der Waals surface area contributed by atoms with E-state index in [1.54, 1.807) is 0 Å². The quantitative estimate of drug-likeness (QED) is 0.807. The van der Waals surface area contributed by atoms with E-state index < -0.39 is 0 Å². The molecule has 1 aliphatic heterocycles. The van der Waals surface area contributed by atoms with Gasteiger partial charge in [-0.05, 0) is 36.2 Å². The molecule has 0 saturated carbocycles. The monoisotopic (exact) mass is 229 g/mol. The summed E-state index contributed by atoms with van der Waals surface area (Å²) < 4.78 is 13.2. The van der Waals surface area contributed by atoms with Gasteiger partial charge in [0.2, 0.25) is 0 Å². The SMILES string of the molecule is c1ccn(CCc2ccc3c(c2)OCCO3)c1. The first-order chi connectivity index (χ1) is 8.42. The number of aromatic nitrogens is 1. The van der Waals surface area contributed by atoms with E-state index in [0.717, 1.165) is 24.5 Å². The molecule has 0 aliphatic carbocycles. The highest BCUT2D eigenvalue weighted by Crippen LogP contribution is 2.30. The van der Waals surface area contributed by atoms with Gasteiger partial charge in [-0.2, -0.15) is 0 Å². The van der Waals surface area contributed by atoms with Gasteiger partial charge in [-0.3, -0.25) is 0 Å². The standard InChI is InChI=1S/C14H15NO2/c1-2-7-15(6-1)8-5-12-3-4-13-14(11-12)17-10-9-16-13/h1-4,6-7,11H,5,8-10H2. The summed E-state index contributed by atoms with van der Waals surface area (Å²) in [6, 6.07) is 10.3. The molecular weight excluding hydrogens is 214 g/mol. The van der Waals surface area contributed by atoms with E-state index in [4.69, 9.17) is 9.47 Å². The van der Waals surface area contributed by atoms with Crippen LogP contribution < -0.4 is 9.47 Å². The molecule has 0 bridgehead atoms. The zero-order valence-electron chi connectivity index (χ0n) is 9.63. The lowest BCUT2D eigenvalue weighted by Crippen LogP contribution is -2.15. The van der Waals surface area contributed by atoms with Gasteiger partial charge in [-0.1, -0.05) is 6.07 Å². The number of ether oxygens (including phenoxy) is 2. The molecule has 0 radical (unpaired) electrons. The topological polar surface area (TPSA) is 23.4 Å². The van der Waals surface area contributed by atoms with Crippen molar-refractivity contribution in [1.29, 1.82) is 0 Å². The Morgan fingerprint density at radius 2 is 1.76 bits per heavy atom. The van der Waals surface area contributed by atoms with Gasteiger partial charge < -0.3 is 14.0 Å². The van der Waals surface area contributed by atoms with Crippen molar-refractivity contribution in [3.8, 4) is 11.5 Å². The largest absolute Gasteiger partial charge is 0.486 e. The van der Waals surface area contributed by atoms with Crippen LogP contribution in [0, 0.1) is 0 Å². The van der Waals surface area contributed by atoms with Gasteiger partial charge in [-0.15, -0.1) is 0 Å². The molecule has 0 atom stereocenters. The number of fused-ring (bicyclic) bond motifs is 1. The minimum absolute atomic E-state index is 0.647. The Balaban J connectivity index is 1.71. The summed E-state index contributed by atoms with van der Waals surface area (Å²) in [7, 11) is 0. The fraction of sp³-hybridized carbons (Fsp3) is 0.286. The molecule has 2 heterocycles. The Labute approximate surface area is 101 Å². The second-order valence-corrected chi connectivity index (χ2v) is 4.15. The van der Waals surface area contributed by atoms with E-state index in [9.17, 15) is 0 Å². The van der Waals surface area contributed by atoms with E-state index in [0.29, 0.717) is 13.2 Å². The third-order valence-electron chi connectivity index (χ3n) is 2.93. The van der Waals surface area contributed by atoms with Gasteiger partial charge in [0.05, 0.1) is 0 Å². The highest BCUT2D eigenvalue weighted by atomic mass is 16.6. The van der Waals surface area contributed by atoms with Gasteiger partial charge in [0.1, 0.15) is 13.2 Å². The lowest BCUT2D eigenvalue weighted by Gasteiger charge is -2.18. The van der Waals surface area contributed by atoms with E-state index in [1.165, 1.54) is 5.56 Å². The number of benzene rings is 1. The molecule has 2 aromatic rings. The molecule has 1 aliphatic rings. The Morgan fingerprint density at radius 3 is 2.59 bits per heavy atom. The average molecular weight is 229 g/mol. The molecule has 0 unspecified atom stereocenters. The third kappa shape index (κ3) is 2.28. The fourth-order valence-electron chi connectivity index (χ4n) is 2.02. The lowest BCUT2D eigenvalue weighted by molar-refractivity contribution is 0.171. The van der Waals surface area contributed by atoms with E-state index in [-0.39, 0.29) is 0 Å². The summed E-state index contributed by atoms with van der Waals surface area (Å²) >= 11 is 0. The van der Waals surface area contributed by atoms with E-state index in [2.05, 4.69) is 29.1 Å². The van der Waals surface area contributed by atoms with Crippen LogP contribution in [0.3, 0.4) is 0 Å². The maximum atomic E-state index is 5.57. The average Bonchev–Trinajstić information content (AvgIpc) is 2.89. The van der Waals surface area contributed by atoms with E-state index in [1.807, 2.05) is 18.2 Å².